The molecule has 0 unspecified atom stereocenters. The molecule has 1 aliphatic rings. The minimum absolute atomic E-state index is 0.0252. The van der Waals surface area contributed by atoms with Crippen molar-refractivity contribution in [2.24, 2.45) is 0 Å². The molecule has 0 aliphatic carbocycles. The van der Waals surface area contributed by atoms with Gasteiger partial charge < -0.3 is 9.80 Å². The monoisotopic (exact) mass is 317 g/mol. The van der Waals surface area contributed by atoms with E-state index in [1.54, 1.807) is 9.80 Å². The number of nitrogens with zero attached hydrogens (tertiary/aromatic N) is 3. The molecule has 1 aromatic carbocycles. The first kappa shape index (κ1) is 16.5. The fraction of sp³-hybridized carbons (Fsp3) is 0.412. The minimum Gasteiger partial charge on any atom is -0.372 e. The van der Waals surface area contributed by atoms with Gasteiger partial charge in [0.15, 0.2) is 5.11 Å². The first-order chi connectivity index (χ1) is 10.5. The smallest absolute Gasteiger partial charge is 0.276 e. The van der Waals surface area contributed by atoms with E-state index in [9.17, 15) is 4.79 Å². The maximum atomic E-state index is 12.3. The van der Waals surface area contributed by atoms with E-state index >= 15 is 0 Å². The number of benzene rings is 1. The zero-order valence-corrected chi connectivity index (χ0v) is 14.5. The molecular weight excluding hydrogens is 294 g/mol. The second-order valence-electron chi connectivity index (χ2n) is 5.18. The lowest BCUT2D eigenvalue weighted by Gasteiger charge is -2.21. The van der Waals surface area contributed by atoms with E-state index in [1.807, 2.05) is 32.2 Å². The Morgan fingerprint density at radius 1 is 1.14 bits per heavy atom. The van der Waals surface area contributed by atoms with E-state index in [1.165, 1.54) is 5.69 Å². The molecule has 5 heteroatoms. The van der Waals surface area contributed by atoms with Crippen molar-refractivity contribution in [3.05, 3.63) is 35.5 Å². The topological polar surface area (TPSA) is 26.8 Å². The summed E-state index contributed by atoms with van der Waals surface area (Å²) in [6.07, 6.45) is 1.90. The van der Waals surface area contributed by atoms with E-state index in [4.69, 9.17) is 12.2 Å². The van der Waals surface area contributed by atoms with Gasteiger partial charge in [0.2, 0.25) is 0 Å². The fourth-order valence-corrected chi connectivity index (χ4v) is 2.93. The van der Waals surface area contributed by atoms with Gasteiger partial charge in [-0.3, -0.25) is 9.69 Å². The second-order valence-corrected chi connectivity index (χ2v) is 5.55. The minimum atomic E-state index is -0.0252. The van der Waals surface area contributed by atoms with Crippen LogP contribution in [0.2, 0.25) is 0 Å². The van der Waals surface area contributed by atoms with E-state index in [2.05, 4.69) is 30.9 Å². The molecule has 1 heterocycles. The van der Waals surface area contributed by atoms with Gasteiger partial charge in [-0.2, -0.15) is 0 Å². The van der Waals surface area contributed by atoms with Gasteiger partial charge in [0.05, 0.1) is 0 Å². The van der Waals surface area contributed by atoms with Crippen molar-refractivity contribution in [1.29, 1.82) is 0 Å². The van der Waals surface area contributed by atoms with Crippen LogP contribution in [-0.2, 0) is 4.79 Å². The van der Waals surface area contributed by atoms with Crippen LogP contribution in [-0.4, -0.2) is 47.5 Å². The Morgan fingerprint density at radius 3 is 2.18 bits per heavy atom. The van der Waals surface area contributed by atoms with Crippen LogP contribution < -0.4 is 4.90 Å². The van der Waals surface area contributed by atoms with Crippen LogP contribution in [0.25, 0.3) is 6.08 Å². The molecule has 2 rings (SSSR count). The normalized spacial score (nSPS) is 16.8. The van der Waals surface area contributed by atoms with Gasteiger partial charge in [0.1, 0.15) is 5.70 Å². The highest BCUT2D eigenvalue weighted by Crippen LogP contribution is 2.23. The summed E-state index contributed by atoms with van der Waals surface area (Å²) in [5.41, 5.74) is 2.83. The van der Waals surface area contributed by atoms with Gasteiger partial charge in [-0.25, -0.2) is 0 Å². The highest BCUT2D eigenvalue weighted by atomic mass is 32.1. The summed E-state index contributed by atoms with van der Waals surface area (Å²) in [5.74, 6) is -0.0252. The molecule has 118 valence electrons. The van der Waals surface area contributed by atoms with E-state index in [-0.39, 0.29) is 5.91 Å². The largest absolute Gasteiger partial charge is 0.372 e. The van der Waals surface area contributed by atoms with Gasteiger partial charge in [0, 0.05) is 32.4 Å². The highest BCUT2D eigenvalue weighted by Gasteiger charge is 2.34. The summed E-state index contributed by atoms with van der Waals surface area (Å²) >= 11 is 5.30. The van der Waals surface area contributed by atoms with Crippen molar-refractivity contribution >= 4 is 35.0 Å². The van der Waals surface area contributed by atoms with Crippen LogP contribution in [0.3, 0.4) is 0 Å². The van der Waals surface area contributed by atoms with Crippen molar-refractivity contribution in [3.8, 4) is 0 Å². The number of amides is 1. The van der Waals surface area contributed by atoms with E-state index < -0.39 is 0 Å². The molecule has 0 bridgehead atoms. The van der Waals surface area contributed by atoms with E-state index in [0.717, 1.165) is 18.7 Å². The summed E-state index contributed by atoms with van der Waals surface area (Å²) in [7, 11) is 1.84. The average Bonchev–Trinajstić information content (AvgIpc) is 2.73. The first-order valence-electron chi connectivity index (χ1n) is 7.69. The molecule has 22 heavy (non-hydrogen) atoms. The molecule has 1 saturated heterocycles. The Hall–Kier alpha value is -1.88. The SMILES string of the molecule is CCN1C(=O)/C(=C/c2ccc(N(CC)CC)cc2)N(C)C1=S. The Kier molecular flexibility index (Phi) is 5.19. The van der Waals surface area contributed by atoms with Gasteiger partial charge >= 0.3 is 0 Å². The van der Waals surface area contributed by atoms with Gasteiger partial charge in [0.25, 0.3) is 5.91 Å². The molecule has 0 aromatic heterocycles. The Morgan fingerprint density at radius 2 is 1.73 bits per heavy atom. The zero-order valence-electron chi connectivity index (χ0n) is 13.7. The number of carbonyl (C=O) groups is 1. The molecular formula is C17H23N3OS. The molecule has 1 aromatic rings. The fourth-order valence-electron chi connectivity index (χ4n) is 2.62. The van der Waals surface area contributed by atoms with Gasteiger partial charge in [-0.1, -0.05) is 12.1 Å². The number of thiocarbonyl (C=S) groups is 1. The van der Waals surface area contributed by atoms with Crippen molar-refractivity contribution in [1.82, 2.24) is 9.80 Å². The summed E-state index contributed by atoms with van der Waals surface area (Å²) in [5, 5.41) is 0.568. The lowest BCUT2D eigenvalue weighted by Crippen LogP contribution is -2.30. The predicted molar refractivity (Wildman–Crippen MR) is 95.7 cm³/mol. The van der Waals surface area contributed by atoms with Crippen LogP contribution in [0.15, 0.2) is 30.0 Å². The third kappa shape index (κ3) is 2.99. The molecule has 1 aliphatic heterocycles. The number of likely N-dealkylation sites (N-methyl/N-ethyl adjacent to an activating group) is 2. The first-order valence-corrected chi connectivity index (χ1v) is 8.10. The molecule has 1 amide bonds. The summed E-state index contributed by atoms with van der Waals surface area (Å²) < 4.78 is 0. The number of rotatable bonds is 5. The number of hydrogen-bond acceptors (Lipinski definition) is 3. The van der Waals surface area contributed by atoms with Crippen molar-refractivity contribution in [3.63, 3.8) is 0 Å². The Bertz CT molecular complexity index is 590. The molecule has 0 saturated carbocycles. The van der Waals surface area contributed by atoms with Crippen molar-refractivity contribution < 1.29 is 4.79 Å². The number of anilines is 1. The van der Waals surface area contributed by atoms with Gasteiger partial charge in [-0.15, -0.1) is 0 Å². The average molecular weight is 317 g/mol. The molecule has 1 fully saturated rings. The third-order valence-electron chi connectivity index (χ3n) is 3.98. The van der Waals surface area contributed by atoms with Crippen LogP contribution in [0, 0.1) is 0 Å². The van der Waals surface area contributed by atoms with Crippen LogP contribution in [0.4, 0.5) is 5.69 Å². The second kappa shape index (κ2) is 6.92. The maximum Gasteiger partial charge on any atom is 0.276 e. The highest BCUT2D eigenvalue weighted by molar-refractivity contribution is 7.80. The van der Waals surface area contributed by atoms with Crippen LogP contribution in [0.5, 0.6) is 0 Å². The van der Waals surface area contributed by atoms with Gasteiger partial charge in [-0.05, 0) is 56.8 Å². The van der Waals surface area contributed by atoms with Crippen molar-refractivity contribution in [2.45, 2.75) is 20.8 Å². The van der Waals surface area contributed by atoms with Crippen LogP contribution in [0.1, 0.15) is 26.3 Å². The zero-order chi connectivity index (χ0) is 16.3. The summed E-state index contributed by atoms with van der Waals surface area (Å²) in [6.45, 7) is 8.79. The van der Waals surface area contributed by atoms with E-state index in [0.29, 0.717) is 17.4 Å². The number of hydrogen-bond donors (Lipinski definition) is 0. The standard InChI is InChI=1S/C17H23N3OS/c1-5-19(6-2)14-10-8-13(9-11-14)12-15-16(21)20(7-3)17(22)18(15)4/h8-12H,5-7H2,1-4H3/b15-12-. The molecule has 0 spiro atoms. The predicted octanol–water partition coefficient (Wildman–Crippen LogP) is 2.95. The third-order valence-corrected chi connectivity index (χ3v) is 4.48. The van der Waals surface area contributed by atoms with Crippen LogP contribution >= 0.6 is 12.2 Å². The number of carbonyl (C=O) groups excluding carboxylic acids is 1. The van der Waals surface area contributed by atoms with Crippen molar-refractivity contribution in [2.75, 3.05) is 31.6 Å². The lowest BCUT2D eigenvalue weighted by atomic mass is 10.1. The Labute approximate surface area is 138 Å². The molecule has 0 N–H and O–H groups in total. The molecule has 4 nitrogen and oxygen atoms in total. The lowest BCUT2D eigenvalue weighted by molar-refractivity contribution is -0.122. The molecule has 0 radical (unpaired) electrons. The maximum absolute atomic E-state index is 12.3. The summed E-state index contributed by atoms with van der Waals surface area (Å²) in [4.78, 5) is 18.0. The Balaban J connectivity index is 2.26. The summed E-state index contributed by atoms with van der Waals surface area (Å²) in [6, 6.07) is 8.27. The molecule has 0 atom stereocenters. The quantitative estimate of drug-likeness (QED) is 0.616.